The van der Waals surface area contributed by atoms with Crippen LogP contribution in [0, 0.1) is 6.92 Å². The fourth-order valence-corrected chi connectivity index (χ4v) is 2.22. The fraction of sp³-hybridized carbons (Fsp3) is 0.0714. The Labute approximate surface area is 105 Å². The van der Waals surface area contributed by atoms with Crippen molar-refractivity contribution in [2.24, 2.45) is 0 Å². The standard InChI is InChI=1S/C14H11ClN2/c1-10-7-12-13(15)8-17(9-14(12)16-10)11-5-3-2-4-6-11/h2-9H,1H3. The molecule has 0 unspecified atom stereocenters. The van der Waals surface area contributed by atoms with Gasteiger partial charge in [0.1, 0.15) is 0 Å². The van der Waals surface area contributed by atoms with Gasteiger partial charge in [-0.15, -0.1) is 0 Å². The lowest BCUT2D eigenvalue weighted by Gasteiger charge is -2.10. The van der Waals surface area contributed by atoms with E-state index in [-0.39, 0.29) is 0 Å². The lowest BCUT2D eigenvalue weighted by Crippen LogP contribution is -1.96. The second-order valence-electron chi connectivity index (χ2n) is 4.05. The lowest BCUT2D eigenvalue weighted by molar-refractivity contribution is 1.04. The van der Waals surface area contributed by atoms with E-state index in [2.05, 4.69) is 4.98 Å². The first-order chi connectivity index (χ1) is 8.24. The van der Waals surface area contributed by atoms with Crippen molar-refractivity contribution in [2.75, 3.05) is 0 Å². The summed E-state index contributed by atoms with van der Waals surface area (Å²) >= 11 is 6.26. The third-order valence-electron chi connectivity index (χ3n) is 2.75. The summed E-state index contributed by atoms with van der Waals surface area (Å²) in [7, 11) is 0. The summed E-state index contributed by atoms with van der Waals surface area (Å²) in [5.41, 5.74) is 4.01. The fourth-order valence-electron chi connectivity index (χ4n) is 1.96. The molecular formula is C14H11ClN2. The Bertz CT molecular complexity index is 628. The van der Waals surface area contributed by atoms with Crippen LogP contribution in [-0.2, 0) is 0 Å². The van der Waals surface area contributed by atoms with Crippen LogP contribution in [0.4, 0.5) is 0 Å². The Hall–Kier alpha value is -1.80. The monoisotopic (exact) mass is 242 g/mol. The molecule has 0 N–H and O–H groups in total. The van der Waals surface area contributed by atoms with E-state index in [1.807, 2.05) is 60.3 Å². The second kappa shape index (κ2) is 3.90. The van der Waals surface area contributed by atoms with Gasteiger partial charge >= 0.3 is 0 Å². The summed E-state index contributed by atoms with van der Waals surface area (Å²) in [6, 6.07) is 12.1. The average Bonchev–Trinajstić information content (AvgIpc) is 2.71. The zero-order valence-corrected chi connectivity index (χ0v) is 10.1. The van der Waals surface area contributed by atoms with Crippen molar-refractivity contribution >= 4 is 11.6 Å². The molecule has 0 fully saturated rings. The summed E-state index contributed by atoms with van der Waals surface area (Å²) in [5, 5.41) is 0.729. The van der Waals surface area contributed by atoms with E-state index in [0.29, 0.717) is 0 Å². The van der Waals surface area contributed by atoms with E-state index in [9.17, 15) is 0 Å². The maximum atomic E-state index is 6.26. The number of fused-ring (bicyclic) bond motifs is 1. The molecule has 84 valence electrons. The number of halogens is 1. The molecule has 0 aliphatic carbocycles. The van der Waals surface area contributed by atoms with Crippen molar-refractivity contribution < 1.29 is 0 Å². The zero-order valence-electron chi connectivity index (χ0n) is 9.39. The third kappa shape index (κ3) is 1.81. The number of nitrogens with zero attached hydrogens (tertiary/aromatic N) is 2. The summed E-state index contributed by atoms with van der Waals surface area (Å²) in [6.45, 7) is 1.98. The van der Waals surface area contributed by atoms with E-state index in [1.54, 1.807) is 0 Å². The van der Waals surface area contributed by atoms with Gasteiger partial charge in [0.25, 0.3) is 0 Å². The van der Waals surface area contributed by atoms with Crippen LogP contribution in [0.15, 0.2) is 48.8 Å². The van der Waals surface area contributed by atoms with E-state index in [0.717, 1.165) is 27.7 Å². The second-order valence-corrected chi connectivity index (χ2v) is 4.45. The van der Waals surface area contributed by atoms with Crippen LogP contribution in [-0.4, -0.2) is 9.55 Å². The average molecular weight is 243 g/mol. The van der Waals surface area contributed by atoms with Crippen molar-refractivity contribution in [1.29, 1.82) is 0 Å². The molecule has 0 atom stereocenters. The number of para-hydroxylation sites is 1. The molecule has 0 bridgehead atoms. The molecule has 2 nitrogen and oxygen atoms in total. The highest BCUT2D eigenvalue weighted by atomic mass is 35.5. The molecule has 0 saturated carbocycles. The first kappa shape index (κ1) is 10.4. The summed E-state index contributed by atoms with van der Waals surface area (Å²) in [5.74, 6) is 0. The number of hydrogen-bond donors (Lipinski definition) is 0. The van der Waals surface area contributed by atoms with Gasteiger partial charge in [-0.1, -0.05) is 29.8 Å². The molecule has 0 saturated heterocycles. The Morgan fingerprint density at radius 1 is 1.12 bits per heavy atom. The highest BCUT2D eigenvalue weighted by Crippen LogP contribution is 2.30. The third-order valence-corrected chi connectivity index (χ3v) is 3.05. The lowest BCUT2D eigenvalue weighted by atomic mass is 10.2. The van der Waals surface area contributed by atoms with Crippen molar-refractivity contribution in [3.8, 4) is 16.9 Å². The van der Waals surface area contributed by atoms with Crippen LogP contribution in [0.5, 0.6) is 0 Å². The van der Waals surface area contributed by atoms with Crippen molar-refractivity contribution in [2.45, 2.75) is 6.92 Å². The molecule has 3 heteroatoms. The predicted octanol–water partition coefficient (Wildman–Crippen LogP) is 3.94. The number of pyridine rings is 1. The minimum atomic E-state index is 0.729. The molecule has 3 rings (SSSR count). The normalized spacial score (nSPS) is 10.9. The summed E-state index contributed by atoms with van der Waals surface area (Å²) < 4.78 is 2.00. The predicted molar refractivity (Wildman–Crippen MR) is 69.9 cm³/mol. The molecule has 0 radical (unpaired) electrons. The molecule has 0 spiro atoms. The molecule has 0 amide bonds. The van der Waals surface area contributed by atoms with Gasteiger partial charge in [-0.05, 0) is 25.1 Å². The summed E-state index contributed by atoms with van der Waals surface area (Å²) in [6.07, 6.45) is 3.92. The highest BCUT2D eigenvalue weighted by Gasteiger charge is 2.12. The zero-order chi connectivity index (χ0) is 11.8. The maximum absolute atomic E-state index is 6.26. The number of hydrogen-bond acceptors (Lipinski definition) is 1. The van der Waals surface area contributed by atoms with Crippen LogP contribution in [0.3, 0.4) is 0 Å². The van der Waals surface area contributed by atoms with Crippen molar-refractivity contribution in [3.63, 3.8) is 0 Å². The van der Waals surface area contributed by atoms with Gasteiger partial charge < -0.3 is 4.57 Å². The van der Waals surface area contributed by atoms with E-state index < -0.39 is 0 Å². The van der Waals surface area contributed by atoms with Crippen molar-refractivity contribution in [1.82, 2.24) is 9.55 Å². The molecule has 2 heterocycles. The van der Waals surface area contributed by atoms with Gasteiger partial charge in [-0.25, -0.2) is 0 Å². The number of rotatable bonds is 1. The van der Waals surface area contributed by atoms with Crippen LogP contribution in [0.25, 0.3) is 16.9 Å². The van der Waals surface area contributed by atoms with E-state index in [4.69, 9.17) is 11.6 Å². The van der Waals surface area contributed by atoms with Gasteiger partial charge in [0.15, 0.2) is 0 Å². The van der Waals surface area contributed by atoms with Crippen LogP contribution < -0.4 is 0 Å². The van der Waals surface area contributed by atoms with Gasteiger partial charge in [0, 0.05) is 29.3 Å². The van der Waals surface area contributed by atoms with Crippen molar-refractivity contribution in [3.05, 3.63) is 59.5 Å². The molecule has 2 aliphatic heterocycles. The summed E-state index contributed by atoms with van der Waals surface area (Å²) in [4.78, 5) is 4.45. The SMILES string of the molecule is Cc1cc2c(Cl)cn(-c3ccccc3)cc-2n1. The molecule has 17 heavy (non-hydrogen) atoms. The topological polar surface area (TPSA) is 17.8 Å². The molecule has 1 aromatic rings. The largest absolute Gasteiger partial charge is 0.320 e. The Balaban J connectivity index is 2.23. The van der Waals surface area contributed by atoms with E-state index >= 15 is 0 Å². The first-order valence-corrected chi connectivity index (χ1v) is 5.82. The Morgan fingerprint density at radius 3 is 2.65 bits per heavy atom. The van der Waals surface area contributed by atoms with Gasteiger partial charge in [-0.2, -0.15) is 0 Å². The van der Waals surface area contributed by atoms with Gasteiger partial charge in [0.05, 0.1) is 10.7 Å². The molecule has 1 aromatic carbocycles. The Kier molecular flexibility index (Phi) is 2.37. The number of aromatic nitrogens is 2. The smallest absolute Gasteiger partial charge is 0.0887 e. The van der Waals surface area contributed by atoms with Gasteiger partial charge in [0.2, 0.25) is 0 Å². The minimum absolute atomic E-state index is 0.729. The molecule has 2 aliphatic rings. The number of benzene rings is 1. The van der Waals surface area contributed by atoms with Crippen LogP contribution >= 0.6 is 11.6 Å². The molecule has 0 aromatic heterocycles. The van der Waals surface area contributed by atoms with Crippen LogP contribution in [0.1, 0.15) is 5.69 Å². The number of aryl methyl sites for hydroxylation is 1. The quantitative estimate of drug-likeness (QED) is 0.632. The minimum Gasteiger partial charge on any atom is -0.320 e. The Morgan fingerprint density at radius 2 is 1.88 bits per heavy atom. The van der Waals surface area contributed by atoms with Crippen LogP contribution in [0.2, 0.25) is 5.02 Å². The molecular weight excluding hydrogens is 232 g/mol. The first-order valence-electron chi connectivity index (χ1n) is 5.44. The maximum Gasteiger partial charge on any atom is 0.0887 e. The highest BCUT2D eigenvalue weighted by molar-refractivity contribution is 6.33. The van der Waals surface area contributed by atoms with E-state index in [1.165, 1.54) is 0 Å². The van der Waals surface area contributed by atoms with Gasteiger partial charge in [-0.3, -0.25) is 4.98 Å².